The van der Waals surface area contributed by atoms with Crippen molar-refractivity contribution >= 4 is 11.8 Å². The van der Waals surface area contributed by atoms with Crippen molar-refractivity contribution in [3.63, 3.8) is 0 Å². The second-order valence-corrected chi connectivity index (χ2v) is 7.76. The smallest absolute Gasteiger partial charge is 0.289 e. The summed E-state index contributed by atoms with van der Waals surface area (Å²) in [7, 11) is 1.81. The monoisotopic (exact) mass is 396 g/mol. The predicted octanol–water partition coefficient (Wildman–Crippen LogP) is 3.45. The molecule has 2 heterocycles. The Morgan fingerprint density at radius 3 is 2.72 bits per heavy atom. The third kappa shape index (κ3) is 5.25. The fourth-order valence-corrected chi connectivity index (χ4v) is 3.78. The molecule has 1 aromatic carbocycles. The highest BCUT2D eigenvalue weighted by Gasteiger charge is 2.28. The number of nitrogens with one attached hydrogen (secondary N) is 1. The average Bonchev–Trinajstić information content (AvgIpc) is 3.15. The van der Waals surface area contributed by atoms with Crippen LogP contribution in [-0.4, -0.2) is 46.4 Å². The lowest BCUT2D eigenvalue weighted by atomic mass is 10.1. The number of nitrogens with zero attached hydrogens (tertiary/aromatic N) is 3. The van der Waals surface area contributed by atoms with Gasteiger partial charge in [0.15, 0.2) is 5.82 Å². The van der Waals surface area contributed by atoms with Crippen LogP contribution in [0.1, 0.15) is 71.4 Å². The minimum absolute atomic E-state index is 0.0928. The van der Waals surface area contributed by atoms with Gasteiger partial charge in [-0.25, -0.2) is 4.98 Å². The zero-order chi connectivity index (χ0) is 20.6. The molecule has 156 valence electrons. The lowest BCUT2D eigenvalue weighted by Crippen LogP contribution is -2.31. The van der Waals surface area contributed by atoms with E-state index in [1.807, 2.05) is 29.8 Å². The Hall–Kier alpha value is -2.63. The SMILES string of the molecule is CCCCN(C)C(=O)c1nc(C(=O)NCCCc2ccccc2)c2n1CCCC2. The second kappa shape index (κ2) is 10.2. The molecule has 6 heteroatoms. The number of fused-ring (bicyclic) bond motifs is 1. The topological polar surface area (TPSA) is 67.2 Å². The molecule has 2 aromatic rings. The van der Waals surface area contributed by atoms with E-state index in [1.54, 1.807) is 4.90 Å². The highest BCUT2D eigenvalue weighted by Crippen LogP contribution is 2.22. The number of carbonyl (C=O) groups is 2. The molecule has 6 nitrogen and oxygen atoms in total. The summed E-state index contributed by atoms with van der Waals surface area (Å²) in [6.45, 7) is 4.17. The molecule has 29 heavy (non-hydrogen) atoms. The second-order valence-electron chi connectivity index (χ2n) is 7.76. The summed E-state index contributed by atoms with van der Waals surface area (Å²) in [5.41, 5.74) is 2.60. The minimum Gasteiger partial charge on any atom is -0.351 e. The molecule has 2 amide bonds. The van der Waals surface area contributed by atoms with Crippen LogP contribution in [0.4, 0.5) is 0 Å². The molecule has 0 bridgehead atoms. The Balaban J connectivity index is 1.66. The maximum absolute atomic E-state index is 12.9. The van der Waals surface area contributed by atoms with Gasteiger partial charge in [0.05, 0.1) is 5.69 Å². The summed E-state index contributed by atoms with van der Waals surface area (Å²) in [6.07, 6.45) is 6.63. The number of hydrogen-bond acceptors (Lipinski definition) is 3. The fraction of sp³-hybridized carbons (Fsp3) is 0.522. The maximum Gasteiger partial charge on any atom is 0.289 e. The van der Waals surface area contributed by atoms with Gasteiger partial charge >= 0.3 is 0 Å². The number of aryl methyl sites for hydroxylation is 1. The first-order chi connectivity index (χ1) is 14.1. The van der Waals surface area contributed by atoms with Gasteiger partial charge in [0.1, 0.15) is 5.69 Å². The van der Waals surface area contributed by atoms with E-state index in [9.17, 15) is 9.59 Å². The van der Waals surface area contributed by atoms with Crippen LogP contribution in [-0.2, 0) is 19.4 Å². The fourth-order valence-electron chi connectivity index (χ4n) is 3.78. The number of amides is 2. The number of unbranched alkanes of at least 4 members (excludes halogenated alkanes) is 1. The summed E-state index contributed by atoms with van der Waals surface area (Å²) in [6, 6.07) is 10.3. The van der Waals surface area contributed by atoms with Gasteiger partial charge in [-0.1, -0.05) is 43.7 Å². The molecule has 0 saturated heterocycles. The van der Waals surface area contributed by atoms with Crippen LogP contribution in [0.2, 0.25) is 0 Å². The number of benzene rings is 1. The quantitative estimate of drug-likeness (QED) is 0.660. The summed E-state index contributed by atoms with van der Waals surface area (Å²) in [4.78, 5) is 31.9. The number of rotatable bonds is 9. The van der Waals surface area contributed by atoms with Gasteiger partial charge in [0, 0.05) is 26.7 Å². The van der Waals surface area contributed by atoms with E-state index in [-0.39, 0.29) is 11.8 Å². The highest BCUT2D eigenvalue weighted by molar-refractivity contribution is 5.97. The van der Waals surface area contributed by atoms with Gasteiger partial charge < -0.3 is 14.8 Å². The van der Waals surface area contributed by atoms with Crippen LogP contribution < -0.4 is 5.32 Å². The number of carbonyl (C=O) groups excluding carboxylic acids is 2. The molecule has 0 spiro atoms. The summed E-state index contributed by atoms with van der Waals surface area (Å²) in [5.74, 6) is 0.149. The van der Waals surface area contributed by atoms with E-state index >= 15 is 0 Å². The lowest BCUT2D eigenvalue weighted by molar-refractivity contribution is 0.0775. The molecule has 3 rings (SSSR count). The van der Waals surface area contributed by atoms with Crippen molar-refractivity contribution in [3.05, 3.63) is 53.1 Å². The lowest BCUT2D eigenvalue weighted by Gasteiger charge is -2.20. The van der Waals surface area contributed by atoms with Crippen molar-refractivity contribution in [1.29, 1.82) is 0 Å². The Bertz CT molecular complexity index is 829. The van der Waals surface area contributed by atoms with Crippen LogP contribution in [0.3, 0.4) is 0 Å². The Labute approximate surface area is 173 Å². The first-order valence-electron chi connectivity index (χ1n) is 10.8. The van der Waals surface area contributed by atoms with E-state index in [1.165, 1.54) is 5.56 Å². The number of aromatic nitrogens is 2. The van der Waals surface area contributed by atoms with Crippen molar-refractivity contribution in [2.45, 2.75) is 58.4 Å². The van der Waals surface area contributed by atoms with E-state index in [0.717, 1.165) is 57.2 Å². The van der Waals surface area contributed by atoms with E-state index in [2.05, 4.69) is 29.4 Å². The van der Waals surface area contributed by atoms with Crippen molar-refractivity contribution in [1.82, 2.24) is 19.8 Å². The zero-order valence-corrected chi connectivity index (χ0v) is 17.6. The maximum atomic E-state index is 12.9. The van der Waals surface area contributed by atoms with Crippen molar-refractivity contribution in [3.8, 4) is 0 Å². The molecule has 0 radical (unpaired) electrons. The van der Waals surface area contributed by atoms with E-state index in [0.29, 0.717) is 24.6 Å². The number of hydrogen-bond donors (Lipinski definition) is 1. The number of imidazole rings is 1. The Morgan fingerprint density at radius 1 is 1.17 bits per heavy atom. The van der Waals surface area contributed by atoms with Crippen LogP contribution in [0.5, 0.6) is 0 Å². The van der Waals surface area contributed by atoms with Gasteiger partial charge in [-0.15, -0.1) is 0 Å². The molecular formula is C23H32N4O2. The first-order valence-corrected chi connectivity index (χ1v) is 10.8. The normalized spacial score (nSPS) is 13.0. The minimum atomic E-state index is -0.168. The summed E-state index contributed by atoms with van der Waals surface area (Å²) < 4.78 is 1.97. The Morgan fingerprint density at radius 2 is 1.97 bits per heavy atom. The molecule has 1 aromatic heterocycles. The molecule has 0 fully saturated rings. The van der Waals surface area contributed by atoms with E-state index in [4.69, 9.17) is 0 Å². The van der Waals surface area contributed by atoms with Crippen LogP contribution in [0.25, 0.3) is 0 Å². The van der Waals surface area contributed by atoms with Crippen LogP contribution in [0, 0.1) is 0 Å². The molecule has 1 aliphatic rings. The zero-order valence-electron chi connectivity index (χ0n) is 17.6. The van der Waals surface area contributed by atoms with Gasteiger partial charge in [-0.05, 0) is 44.1 Å². The van der Waals surface area contributed by atoms with Crippen LogP contribution in [0.15, 0.2) is 30.3 Å². The molecule has 0 aliphatic carbocycles. The molecule has 1 N–H and O–H groups in total. The molecule has 0 unspecified atom stereocenters. The molecule has 0 saturated carbocycles. The average molecular weight is 397 g/mol. The Kier molecular flexibility index (Phi) is 7.44. The van der Waals surface area contributed by atoms with Gasteiger partial charge in [0.2, 0.25) is 0 Å². The first kappa shape index (κ1) is 21.1. The van der Waals surface area contributed by atoms with Gasteiger partial charge in [0.25, 0.3) is 11.8 Å². The molecule has 1 aliphatic heterocycles. The standard InChI is InChI=1S/C23H32N4O2/c1-3-4-16-26(2)23(29)21-25-20(19-14-8-9-17-27(19)21)22(28)24-15-10-13-18-11-6-5-7-12-18/h5-7,11-12H,3-4,8-10,13-17H2,1-2H3,(H,24,28). The van der Waals surface area contributed by atoms with E-state index < -0.39 is 0 Å². The third-order valence-corrected chi connectivity index (χ3v) is 5.49. The summed E-state index contributed by atoms with van der Waals surface area (Å²) >= 11 is 0. The van der Waals surface area contributed by atoms with Gasteiger partial charge in [-0.2, -0.15) is 0 Å². The van der Waals surface area contributed by atoms with Crippen LogP contribution >= 0.6 is 0 Å². The summed E-state index contributed by atoms with van der Waals surface area (Å²) in [5, 5.41) is 3.00. The highest BCUT2D eigenvalue weighted by atomic mass is 16.2. The van der Waals surface area contributed by atoms with Gasteiger partial charge in [-0.3, -0.25) is 9.59 Å². The van der Waals surface area contributed by atoms with Crippen molar-refractivity contribution in [2.75, 3.05) is 20.1 Å². The molecule has 0 atom stereocenters. The third-order valence-electron chi connectivity index (χ3n) is 5.49. The largest absolute Gasteiger partial charge is 0.351 e. The predicted molar refractivity (Wildman–Crippen MR) is 114 cm³/mol. The van der Waals surface area contributed by atoms with Crippen molar-refractivity contribution in [2.24, 2.45) is 0 Å². The van der Waals surface area contributed by atoms with Crippen molar-refractivity contribution < 1.29 is 9.59 Å². The molecular weight excluding hydrogens is 364 g/mol.